The molecule has 0 aromatic heterocycles. The molecular weight excluding hydrogens is 205 g/mol. The van der Waals surface area contributed by atoms with Crippen molar-refractivity contribution in [2.45, 2.75) is 0 Å². The van der Waals surface area contributed by atoms with Gasteiger partial charge in [0.1, 0.15) is 5.75 Å². The van der Waals surface area contributed by atoms with Crippen LogP contribution in [0.1, 0.15) is 0 Å². The molecule has 5 heteroatoms. The van der Waals surface area contributed by atoms with Gasteiger partial charge in [0.15, 0.2) is 0 Å². The molecule has 0 fully saturated rings. The van der Waals surface area contributed by atoms with Gasteiger partial charge in [0.25, 0.3) is 6.47 Å². The Morgan fingerprint density at radius 2 is 1.80 bits per heavy atom. The number of para-hydroxylation sites is 1. The number of nitrogens with two attached hydrogens (primary N) is 1. The fourth-order valence-electron chi connectivity index (χ4n) is 0.555. The minimum absolute atomic E-state index is 0. The molecule has 0 bridgehead atoms. The van der Waals surface area contributed by atoms with E-state index in [2.05, 4.69) is 17.0 Å². The summed E-state index contributed by atoms with van der Waals surface area (Å²) in [5.74, 6) is 0.0949. The number of hydrogen-bond donors (Lipinski definition) is 1. The fraction of sp³-hybridized carbons (Fsp3) is 0. The summed E-state index contributed by atoms with van der Waals surface area (Å²) < 4.78 is 4.53. The van der Waals surface area contributed by atoms with Crippen LogP contribution in [0.4, 0.5) is 0 Å². The van der Waals surface area contributed by atoms with E-state index >= 15 is 0 Å². The van der Waals surface area contributed by atoms with E-state index in [1.807, 2.05) is 6.07 Å². The average molecular weight is 217 g/mol. The van der Waals surface area contributed by atoms with Crippen LogP contribution in [0.15, 0.2) is 43.0 Å². The molecule has 0 aliphatic rings. The first kappa shape index (κ1) is 16.3. The number of carbonyl (C=O) groups excluding carboxylic acids is 2. The predicted octanol–water partition coefficient (Wildman–Crippen LogP) is 0.231. The summed E-state index contributed by atoms with van der Waals surface area (Å²) in [5.41, 5.74) is 4.53. The first-order valence-electron chi connectivity index (χ1n) is 3.78. The Balaban J connectivity index is 0. The predicted molar refractivity (Wildman–Crippen MR) is 59.7 cm³/mol. The molecule has 4 nitrogen and oxygen atoms in total. The topological polar surface area (TPSA) is 69.4 Å². The molecule has 0 spiro atoms. The van der Waals surface area contributed by atoms with Crippen molar-refractivity contribution in [1.82, 2.24) is 0 Å². The van der Waals surface area contributed by atoms with Crippen LogP contribution in [0, 0.1) is 0 Å². The van der Waals surface area contributed by atoms with Crippen molar-refractivity contribution >= 4 is 41.9 Å². The van der Waals surface area contributed by atoms with Gasteiger partial charge in [-0.15, -0.1) is 0 Å². The SMILES string of the molecule is C=CC(N)=O.O=COc1ccccc1.[NaH]. The minimum atomic E-state index is -0.481. The van der Waals surface area contributed by atoms with Gasteiger partial charge < -0.3 is 10.5 Å². The van der Waals surface area contributed by atoms with Crippen molar-refractivity contribution < 1.29 is 14.3 Å². The third-order valence-corrected chi connectivity index (χ3v) is 1.13. The van der Waals surface area contributed by atoms with E-state index in [0.717, 1.165) is 6.08 Å². The Morgan fingerprint density at radius 1 is 1.33 bits per heavy atom. The number of hydrogen-bond acceptors (Lipinski definition) is 3. The Bertz CT molecular complexity index is 301. The van der Waals surface area contributed by atoms with Crippen LogP contribution in [0.5, 0.6) is 5.75 Å². The first-order valence-corrected chi connectivity index (χ1v) is 3.78. The molecule has 0 aliphatic heterocycles. The van der Waals surface area contributed by atoms with E-state index in [4.69, 9.17) is 0 Å². The van der Waals surface area contributed by atoms with Crippen LogP contribution in [0.25, 0.3) is 0 Å². The summed E-state index contributed by atoms with van der Waals surface area (Å²) in [4.78, 5) is 19.2. The second-order valence-electron chi connectivity index (χ2n) is 2.13. The second-order valence-corrected chi connectivity index (χ2v) is 2.13. The van der Waals surface area contributed by atoms with Gasteiger partial charge in [0.2, 0.25) is 5.91 Å². The molecule has 0 saturated heterocycles. The molecule has 0 heterocycles. The van der Waals surface area contributed by atoms with Gasteiger partial charge >= 0.3 is 29.6 Å². The normalized spacial score (nSPS) is 7.20. The molecule has 0 atom stereocenters. The quantitative estimate of drug-likeness (QED) is 0.447. The molecule has 1 rings (SSSR count). The van der Waals surface area contributed by atoms with Crippen LogP contribution < -0.4 is 10.5 Å². The monoisotopic (exact) mass is 217 g/mol. The van der Waals surface area contributed by atoms with Gasteiger partial charge in [0, 0.05) is 0 Å². The summed E-state index contributed by atoms with van der Waals surface area (Å²) in [6.45, 7) is 3.50. The van der Waals surface area contributed by atoms with Crippen molar-refractivity contribution in [3.63, 3.8) is 0 Å². The van der Waals surface area contributed by atoms with Crippen molar-refractivity contribution in [2.24, 2.45) is 5.73 Å². The number of primary amides is 1. The molecule has 2 N–H and O–H groups in total. The van der Waals surface area contributed by atoms with Crippen molar-refractivity contribution in [2.75, 3.05) is 0 Å². The Hall–Kier alpha value is -1.10. The Morgan fingerprint density at radius 3 is 2.13 bits per heavy atom. The standard InChI is InChI=1S/C7H6O2.C3H5NO.Na.H/c8-6-9-7-4-2-1-3-5-7;1-2-3(4)5;;/h1-6H;2H,1H2,(H2,4,5);;. The molecule has 1 aromatic carbocycles. The Kier molecular flexibility index (Phi) is 12.0. The van der Waals surface area contributed by atoms with Gasteiger partial charge in [0.05, 0.1) is 0 Å². The summed E-state index contributed by atoms with van der Waals surface area (Å²) in [5, 5.41) is 0. The Labute approximate surface area is 110 Å². The van der Waals surface area contributed by atoms with Gasteiger partial charge in [-0.2, -0.15) is 0 Å². The zero-order valence-corrected chi connectivity index (χ0v) is 7.55. The van der Waals surface area contributed by atoms with E-state index in [9.17, 15) is 9.59 Å². The molecule has 1 aromatic rings. The summed E-state index contributed by atoms with van der Waals surface area (Å²) >= 11 is 0. The van der Waals surface area contributed by atoms with E-state index in [1.165, 1.54) is 0 Å². The zero-order valence-electron chi connectivity index (χ0n) is 7.55. The molecule has 0 aliphatic carbocycles. The van der Waals surface area contributed by atoms with Crippen LogP contribution in [0.2, 0.25) is 0 Å². The molecule has 15 heavy (non-hydrogen) atoms. The average Bonchev–Trinajstić information content (AvgIpc) is 2.21. The third-order valence-electron chi connectivity index (χ3n) is 1.13. The fourth-order valence-corrected chi connectivity index (χ4v) is 0.555. The van der Waals surface area contributed by atoms with Gasteiger partial charge in [-0.3, -0.25) is 9.59 Å². The second kappa shape index (κ2) is 11.0. The maximum absolute atomic E-state index is 9.75. The van der Waals surface area contributed by atoms with Gasteiger partial charge in [-0.25, -0.2) is 0 Å². The first-order chi connectivity index (χ1) is 6.70. The number of carbonyl (C=O) groups is 2. The molecule has 76 valence electrons. The number of amides is 1. The van der Waals surface area contributed by atoms with Crippen molar-refractivity contribution in [3.8, 4) is 5.75 Å². The van der Waals surface area contributed by atoms with Gasteiger partial charge in [-0.1, -0.05) is 24.8 Å². The van der Waals surface area contributed by atoms with Gasteiger partial charge in [-0.05, 0) is 18.2 Å². The summed E-state index contributed by atoms with van der Waals surface area (Å²) in [6.07, 6.45) is 1.06. The van der Waals surface area contributed by atoms with Crippen molar-refractivity contribution in [3.05, 3.63) is 43.0 Å². The number of ether oxygens (including phenoxy) is 1. The molecule has 0 radical (unpaired) electrons. The molecule has 0 unspecified atom stereocenters. The van der Waals surface area contributed by atoms with Crippen LogP contribution in [0.3, 0.4) is 0 Å². The molecule has 1 amide bonds. The van der Waals surface area contributed by atoms with E-state index < -0.39 is 5.91 Å². The van der Waals surface area contributed by atoms with Crippen molar-refractivity contribution in [1.29, 1.82) is 0 Å². The molecule has 0 saturated carbocycles. The zero-order chi connectivity index (χ0) is 10.8. The summed E-state index contributed by atoms with van der Waals surface area (Å²) in [7, 11) is 0. The number of benzene rings is 1. The third kappa shape index (κ3) is 10.8. The summed E-state index contributed by atoms with van der Waals surface area (Å²) in [6, 6.07) is 8.90. The van der Waals surface area contributed by atoms with Crippen LogP contribution >= 0.6 is 0 Å². The van der Waals surface area contributed by atoms with E-state index in [0.29, 0.717) is 12.2 Å². The van der Waals surface area contributed by atoms with Crippen LogP contribution in [-0.2, 0) is 9.59 Å². The maximum atomic E-state index is 9.75. The van der Waals surface area contributed by atoms with E-state index in [1.54, 1.807) is 24.3 Å². The molecular formula is C10H12NNaO3. The van der Waals surface area contributed by atoms with E-state index in [-0.39, 0.29) is 29.6 Å². The number of rotatable bonds is 3. The van der Waals surface area contributed by atoms with Crippen LogP contribution in [-0.4, -0.2) is 41.9 Å².